The van der Waals surface area contributed by atoms with Crippen molar-refractivity contribution in [3.8, 4) is 5.75 Å². The molecule has 0 atom stereocenters. The minimum Gasteiger partial charge on any atom is -0.503 e. The van der Waals surface area contributed by atoms with Gasteiger partial charge in [0.05, 0.1) is 18.3 Å². The molecule has 1 spiro atoms. The Hall–Kier alpha value is -3.09. The van der Waals surface area contributed by atoms with Crippen molar-refractivity contribution >= 4 is 12.0 Å². The lowest BCUT2D eigenvalue weighted by Crippen LogP contribution is -2.38. The fourth-order valence-corrected chi connectivity index (χ4v) is 6.00. The maximum absolute atomic E-state index is 12.8. The van der Waals surface area contributed by atoms with E-state index in [1.807, 2.05) is 0 Å². The summed E-state index contributed by atoms with van der Waals surface area (Å²) >= 11 is 0. The van der Waals surface area contributed by atoms with Crippen molar-refractivity contribution in [2.45, 2.75) is 89.1 Å². The van der Waals surface area contributed by atoms with Gasteiger partial charge in [0.2, 0.25) is 0 Å². The van der Waals surface area contributed by atoms with Crippen LogP contribution >= 0.6 is 0 Å². The molecular formula is C28H36N4O3. The van der Waals surface area contributed by atoms with Crippen molar-refractivity contribution in [1.82, 2.24) is 19.7 Å². The Morgan fingerprint density at radius 1 is 1.00 bits per heavy atom. The van der Waals surface area contributed by atoms with Gasteiger partial charge in [-0.25, -0.2) is 0 Å². The van der Waals surface area contributed by atoms with E-state index < -0.39 is 17.1 Å². The number of hydrogen-bond acceptors (Lipinski definition) is 4. The first-order chi connectivity index (χ1) is 17.1. The normalized spacial score (nSPS) is 20.9. The summed E-state index contributed by atoms with van der Waals surface area (Å²) in [6.07, 6.45) is 23.2. The highest BCUT2D eigenvalue weighted by atomic mass is 16.3. The first-order valence-electron chi connectivity index (χ1n) is 13.2. The minimum absolute atomic E-state index is 0.198. The van der Waals surface area contributed by atoms with Gasteiger partial charge >= 0.3 is 0 Å². The first kappa shape index (κ1) is 23.6. The zero-order valence-electron chi connectivity index (χ0n) is 20.5. The molecule has 1 amide bonds. The van der Waals surface area contributed by atoms with Gasteiger partial charge in [-0.05, 0) is 74.6 Å². The summed E-state index contributed by atoms with van der Waals surface area (Å²) in [5, 5.41) is 17.6. The van der Waals surface area contributed by atoms with Gasteiger partial charge in [-0.2, -0.15) is 5.10 Å². The molecule has 3 aliphatic rings. The molecule has 2 aromatic heterocycles. The van der Waals surface area contributed by atoms with Crippen molar-refractivity contribution in [2.24, 2.45) is 0 Å². The summed E-state index contributed by atoms with van der Waals surface area (Å²) < 4.78 is 4.07. The standard InChI is InChI=1S/C28H36N4O3/c33-24-19-31-20-28(14-7-8-15-28)32-17-13-22-18-21(11-5-3-6-12-23(22)32)10-4-1-2-9-16-29-27(35)25(30-31)26(24)34/h5,11,13,17-19,33H,1-4,6-10,12,14-16,20H2,(H,29,35). The van der Waals surface area contributed by atoms with E-state index in [4.69, 9.17) is 0 Å². The van der Waals surface area contributed by atoms with Crippen LogP contribution in [-0.2, 0) is 18.5 Å². The van der Waals surface area contributed by atoms with Crippen LogP contribution in [0.5, 0.6) is 5.75 Å². The lowest BCUT2D eigenvalue weighted by Gasteiger charge is -2.34. The number of amides is 1. The summed E-state index contributed by atoms with van der Waals surface area (Å²) in [4.78, 5) is 25.3. The number of rotatable bonds is 0. The van der Waals surface area contributed by atoms with Crippen LogP contribution < -0.4 is 10.7 Å². The monoisotopic (exact) mass is 476 g/mol. The Balaban J connectivity index is 1.61. The number of nitrogens with one attached hydrogen (secondary N) is 1. The Labute approximate surface area is 206 Å². The molecule has 6 bridgehead atoms. The second-order valence-corrected chi connectivity index (χ2v) is 10.3. The number of allylic oxidation sites excluding steroid dienone is 3. The second kappa shape index (κ2) is 10.3. The topological polar surface area (TPSA) is 89.1 Å². The van der Waals surface area contributed by atoms with Gasteiger partial charge in [0.1, 0.15) is 0 Å². The molecule has 2 N–H and O–H groups in total. The van der Waals surface area contributed by atoms with Gasteiger partial charge in [0, 0.05) is 18.4 Å². The number of carbonyl (C=O) groups excluding carboxylic acids is 1. The Morgan fingerprint density at radius 2 is 1.83 bits per heavy atom. The molecule has 0 saturated heterocycles. The molecule has 0 radical (unpaired) electrons. The van der Waals surface area contributed by atoms with Gasteiger partial charge in [-0.1, -0.05) is 37.8 Å². The van der Waals surface area contributed by atoms with Crippen LogP contribution in [0.1, 0.15) is 92.4 Å². The van der Waals surface area contributed by atoms with Crippen LogP contribution in [-0.4, -0.2) is 31.9 Å². The SMILES string of the molecule is O=C1NCCCCCCC2=Cc3ccn(c3CCCC=C2)C2(CCCC2)Cn2cc(O)c(=O)c1n2. The fourth-order valence-electron chi connectivity index (χ4n) is 6.00. The summed E-state index contributed by atoms with van der Waals surface area (Å²) in [6, 6.07) is 2.25. The van der Waals surface area contributed by atoms with Crippen LogP contribution in [0.3, 0.4) is 0 Å². The van der Waals surface area contributed by atoms with Gasteiger partial charge < -0.3 is 15.0 Å². The molecule has 186 valence electrons. The number of carbonyl (C=O) groups is 1. The third kappa shape index (κ3) is 5.00. The lowest BCUT2D eigenvalue weighted by molar-refractivity contribution is 0.0942. The average molecular weight is 477 g/mol. The van der Waals surface area contributed by atoms with Gasteiger partial charge in [0.25, 0.3) is 11.3 Å². The smallest absolute Gasteiger partial charge is 0.275 e. The molecule has 35 heavy (non-hydrogen) atoms. The highest BCUT2D eigenvalue weighted by Crippen LogP contribution is 2.41. The largest absolute Gasteiger partial charge is 0.503 e. The van der Waals surface area contributed by atoms with Gasteiger partial charge in [-0.3, -0.25) is 14.3 Å². The van der Waals surface area contributed by atoms with Crippen LogP contribution in [0, 0.1) is 0 Å². The van der Waals surface area contributed by atoms with Crippen molar-refractivity contribution in [3.05, 3.63) is 63.4 Å². The quantitative estimate of drug-likeness (QED) is 0.577. The van der Waals surface area contributed by atoms with Crippen molar-refractivity contribution in [1.29, 1.82) is 0 Å². The molecule has 7 nitrogen and oxygen atoms in total. The fraction of sp³-hybridized carbons (Fsp3) is 0.536. The predicted molar refractivity (Wildman–Crippen MR) is 137 cm³/mol. The van der Waals surface area contributed by atoms with E-state index in [1.54, 1.807) is 4.68 Å². The van der Waals surface area contributed by atoms with E-state index in [1.165, 1.54) is 23.0 Å². The van der Waals surface area contributed by atoms with E-state index in [2.05, 4.69) is 45.5 Å². The molecule has 2 aromatic rings. The summed E-state index contributed by atoms with van der Waals surface area (Å²) in [5.74, 6) is -0.933. The molecule has 2 aliphatic carbocycles. The van der Waals surface area contributed by atoms with Crippen molar-refractivity contribution < 1.29 is 9.90 Å². The van der Waals surface area contributed by atoms with Gasteiger partial charge in [0.15, 0.2) is 11.4 Å². The molecule has 0 aromatic carbocycles. The minimum atomic E-state index is -0.707. The number of nitrogens with zero attached hydrogens (tertiary/aromatic N) is 3. The third-order valence-corrected chi connectivity index (χ3v) is 7.83. The van der Waals surface area contributed by atoms with E-state index in [0.29, 0.717) is 13.1 Å². The predicted octanol–water partition coefficient (Wildman–Crippen LogP) is 4.69. The molecule has 1 saturated carbocycles. The zero-order chi connectivity index (χ0) is 24.3. The molecule has 7 heteroatoms. The summed E-state index contributed by atoms with van der Waals surface area (Å²) in [6.45, 7) is 1.01. The Kier molecular flexibility index (Phi) is 6.93. The van der Waals surface area contributed by atoms with Crippen LogP contribution in [0.25, 0.3) is 6.08 Å². The maximum atomic E-state index is 12.8. The zero-order valence-corrected chi connectivity index (χ0v) is 20.5. The number of aromatic nitrogens is 3. The first-order valence-corrected chi connectivity index (χ1v) is 13.2. The molecule has 0 unspecified atom stereocenters. The lowest BCUT2D eigenvalue weighted by atomic mass is 9.95. The number of aromatic hydroxyl groups is 1. The second-order valence-electron chi connectivity index (χ2n) is 10.3. The average Bonchev–Trinajstić information content (AvgIpc) is 3.48. The van der Waals surface area contributed by atoms with Crippen LogP contribution in [0.4, 0.5) is 0 Å². The Bertz CT molecular complexity index is 1200. The maximum Gasteiger partial charge on any atom is 0.275 e. The molecular weight excluding hydrogens is 440 g/mol. The highest BCUT2D eigenvalue weighted by molar-refractivity contribution is 5.92. The van der Waals surface area contributed by atoms with Crippen LogP contribution in [0.15, 0.2) is 41.0 Å². The van der Waals surface area contributed by atoms with Gasteiger partial charge in [-0.15, -0.1) is 0 Å². The van der Waals surface area contributed by atoms with E-state index in [9.17, 15) is 14.7 Å². The number of hydrogen-bond donors (Lipinski definition) is 2. The number of fused-ring (bicyclic) bond motifs is 3. The summed E-state index contributed by atoms with van der Waals surface area (Å²) in [7, 11) is 0. The van der Waals surface area contributed by atoms with Crippen molar-refractivity contribution in [2.75, 3.05) is 6.54 Å². The molecule has 1 fully saturated rings. The molecule has 3 heterocycles. The molecule has 5 rings (SSSR count). The Morgan fingerprint density at radius 3 is 2.69 bits per heavy atom. The van der Waals surface area contributed by atoms with E-state index in [0.717, 1.165) is 77.0 Å². The van der Waals surface area contributed by atoms with Crippen molar-refractivity contribution in [3.63, 3.8) is 0 Å². The van der Waals surface area contributed by atoms with E-state index >= 15 is 0 Å². The van der Waals surface area contributed by atoms with Crippen LogP contribution in [0.2, 0.25) is 0 Å². The molecule has 1 aliphatic heterocycles. The summed E-state index contributed by atoms with van der Waals surface area (Å²) in [5.41, 5.74) is 2.92. The van der Waals surface area contributed by atoms with E-state index in [-0.39, 0.29) is 11.2 Å². The third-order valence-electron chi connectivity index (χ3n) is 7.83. The highest BCUT2D eigenvalue weighted by Gasteiger charge is 2.38.